The van der Waals surface area contributed by atoms with E-state index in [1.165, 1.54) is 0 Å². The summed E-state index contributed by atoms with van der Waals surface area (Å²) in [5.74, 6) is 2.77. The molecule has 0 atom stereocenters. The van der Waals surface area contributed by atoms with Gasteiger partial charge in [-0.25, -0.2) is 0 Å². The van der Waals surface area contributed by atoms with Crippen molar-refractivity contribution in [1.29, 1.82) is 0 Å². The summed E-state index contributed by atoms with van der Waals surface area (Å²) < 4.78 is 0. The van der Waals surface area contributed by atoms with E-state index in [2.05, 4.69) is 42.8 Å². The van der Waals surface area contributed by atoms with Crippen LogP contribution in [-0.2, 0) is 19.6 Å². The van der Waals surface area contributed by atoms with Crippen molar-refractivity contribution in [2.24, 2.45) is 0 Å². The van der Waals surface area contributed by atoms with Crippen molar-refractivity contribution in [1.82, 2.24) is 24.8 Å². The highest BCUT2D eigenvalue weighted by Gasteiger charge is 2.11. The van der Waals surface area contributed by atoms with E-state index in [1.807, 2.05) is 61.1 Å². The zero-order chi connectivity index (χ0) is 20.2. The molecule has 0 bridgehead atoms. The Morgan fingerprint density at radius 1 is 0.655 bits per heavy atom. The number of hydrogen-bond acceptors (Lipinski definition) is 5. The van der Waals surface area contributed by atoms with Crippen molar-refractivity contribution in [3.63, 3.8) is 0 Å². The molecule has 0 aliphatic heterocycles. The molecule has 0 spiro atoms. The average molecular weight is 386 g/mol. The third-order valence-electron chi connectivity index (χ3n) is 4.60. The average Bonchev–Trinajstić information content (AvgIpc) is 2.76. The van der Waals surface area contributed by atoms with Crippen LogP contribution in [0, 0.1) is 12.3 Å². The summed E-state index contributed by atoms with van der Waals surface area (Å²) in [4.78, 5) is 18.0. The Balaban J connectivity index is 1.58. The van der Waals surface area contributed by atoms with Crippen LogP contribution in [0.15, 0.2) is 73.2 Å². The minimum atomic E-state index is 0.622. The van der Waals surface area contributed by atoms with Crippen LogP contribution in [0.25, 0.3) is 0 Å². The van der Waals surface area contributed by atoms with Gasteiger partial charge in [0.2, 0.25) is 0 Å². The van der Waals surface area contributed by atoms with E-state index >= 15 is 0 Å². The van der Waals surface area contributed by atoms with Gasteiger partial charge in [-0.05, 0) is 42.8 Å². The van der Waals surface area contributed by atoms with Gasteiger partial charge in [0.15, 0.2) is 0 Å². The van der Waals surface area contributed by atoms with Gasteiger partial charge < -0.3 is 0 Å². The molecular weight excluding hydrogens is 358 g/mol. The molecule has 0 aliphatic carbocycles. The Hall–Kier alpha value is -3.07. The van der Waals surface area contributed by atoms with Crippen LogP contribution < -0.4 is 0 Å². The first-order valence-corrected chi connectivity index (χ1v) is 9.91. The van der Waals surface area contributed by atoms with Crippen molar-refractivity contribution < 1.29 is 0 Å². The minimum absolute atomic E-state index is 0.622. The van der Waals surface area contributed by atoms with Gasteiger partial charge in [0.25, 0.3) is 0 Å². The third-order valence-corrected chi connectivity index (χ3v) is 4.60. The molecule has 5 nitrogen and oxygen atoms in total. The minimum Gasteiger partial charge on any atom is -0.292 e. The van der Waals surface area contributed by atoms with Crippen LogP contribution >= 0.6 is 0 Å². The first kappa shape index (κ1) is 20.7. The summed E-state index contributed by atoms with van der Waals surface area (Å²) >= 11 is 0. The van der Waals surface area contributed by atoms with Gasteiger partial charge in [-0.1, -0.05) is 24.1 Å². The molecule has 0 saturated carbocycles. The molecule has 148 valence electrons. The molecule has 0 fully saturated rings. The molecular formula is C24H27N5. The predicted octanol–water partition coefficient (Wildman–Crippen LogP) is 3.40. The highest BCUT2D eigenvalue weighted by atomic mass is 15.2. The Bertz CT molecular complexity index is 821. The van der Waals surface area contributed by atoms with E-state index in [0.717, 1.165) is 56.2 Å². The molecule has 0 unspecified atom stereocenters. The molecule has 0 amide bonds. The van der Waals surface area contributed by atoms with Crippen LogP contribution in [0.3, 0.4) is 0 Å². The number of nitrogens with zero attached hydrogens (tertiary/aromatic N) is 5. The SMILES string of the molecule is C#CCN(CCCN(Cc1ccccn1)Cc1ccccn1)Cc1ccccn1. The fourth-order valence-electron chi connectivity index (χ4n) is 3.24. The van der Waals surface area contributed by atoms with Crippen LogP contribution in [0.2, 0.25) is 0 Å². The van der Waals surface area contributed by atoms with Crippen molar-refractivity contribution >= 4 is 0 Å². The molecule has 3 rings (SSSR count). The molecule has 3 heterocycles. The second kappa shape index (κ2) is 11.7. The molecule has 0 saturated heterocycles. The number of pyridine rings is 3. The van der Waals surface area contributed by atoms with Gasteiger partial charge in [-0.15, -0.1) is 6.42 Å². The quantitative estimate of drug-likeness (QED) is 0.474. The largest absolute Gasteiger partial charge is 0.292 e. The summed E-state index contributed by atoms with van der Waals surface area (Å²) in [7, 11) is 0. The maximum Gasteiger partial charge on any atom is 0.0602 e. The Kier molecular flexibility index (Phi) is 8.34. The molecule has 5 heteroatoms. The summed E-state index contributed by atoms with van der Waals surface area (Å²) in [6, 6.07) is 18.1. The molecule has 3 aromatic heterocycles. The van der Waals surface area contributed by atoms with E-state index < -0.39 is 0 Å². The van der Waals surface area contributed by atoms with Crippen LogP contribution in [-0.4, -0.2) is 44.4 Å². The Labute approximate surface area is 173 Å². The highest BCUT2D eigenvalue weighted by Crippen LogP contribution is 2.09. The summed E-state index contributed by atoms with van der Waals surface area (Å²) in [5, 5.41) is 0. The van der Waals surface area contributed by atoms with Gasteiger partial charge >= 0.3 is 0 Å². The van der Waals surface area contributed by atoms with Crippen molar-refractivity contribution in [2.45, 2.75) is 26.1 Å². The zero-order valence-corrected chi connectivity index (χ0v) is 16.7. The van der Waals surface area contributed by atoms with Gasteiger partial charge in [-0.2, -0.15) is 0 Å². The van der Waals surface area contributed by atoms with Crippen LogP contribution in [0.1, 0.15) is 23.5 Å². The molecule has 29 heavy (non-hydrogen) atoms. The summed E-state index contributed by atoms with van der Waals surface area (Å²) in [6.45, 7) is 4.85. The maximum absolute atomic E-state index is 5.58. The molecule has 0 N–H and O–H groups in total. The first-order chi connectivity index (χ1) is 14.3. The molecule has 0 radical (unpaired) electrons. The predicted molar refractivity (Wildman–Crippen MR) is 116 cm³/mol. The van der Waals surface area contributed by atoms with Crippen molar-refractivity contribution in [2.75, 3.05) is 19.6 Å². The van der Waals surface area contributed by atoms with Crippen LogP contribution in [0.5, 0.6) is 0 Å². The zero-order valence-electron chi connectivity index (χ0n) is 16.7. The number of rotatable bonds is 11. The van der Waals surface area contributed by atoms with E-state index in [9.17, 15) is 0 Å². The first-order valence-electron chi connectivity index (χ1n) is 9.91. The molecule has 0 aromatic carbocycles. The standard InChI is InChI=1S/C24H27N5/c1-2-16-28(19-22-10-3-6-13-25-22)17-9-18-29(20-23-11-4-7-14-26-23)21-24-12-5-8-15-27-24/h1,3-8,10-15H,9,16-21H2. The molecule has 0 aliphatic rings. The van der Waals surface area contributed by atoms with E-state index in [1.54, 1.807) is 0 Å². The normalized spacial score (nSPS) is 10.9. The van der Waals surface area contributed by atoms with Gasteiger partial charge in [0.05, 0.1) is 23.6 Å². The lowest BCUT2D eigenvalue weighted by Gasteiger charge is -2.24. The Morgan fingerprint density at radius 2 is 1.10 bits per heavy atom. The number of hydrogen-bond donors (Lipinski definition) is 0. The molecule has 3 aromatic rings. The maximum atomic E-state index is 5.58. The fraction of sp³-hybridized carbons (Fsp3) is 0.292. The van der Waals surface area contributed by atoms with Crippen molar-refractivity contribution in [3.05, 3.63) is 90.3 Å². The smallest absolute Gasteiger partial charge is 0.0602 e. The lowest BCUT2D eigenvalue weighted by Crippen LogP contribution is -2.30. The number of terminal acetylenes is 1. The van der Waals surface area contributed by atoms with E-state index in [-0.39, 0.29) is 0 Å². The lowest BCUT2D eigenvalue weighted by molar-refractivity contribution is 0.218. The van der Waals surface area contributed by atoms with Gasteiger partial charge in [0, 0.05) is 51.3 Å². The van der Waals surface area contributed by atoms with Crippen molar-refractivity contribution in [3.8, 4) is 12.3 Å². The summed E-state index contributed by atoms with van der Waals surface area (Å²) in [6.07, 6.45) is 12.1. The topological polar surface area (TPSA) is 45.2 Å². The second-order valence-corrected chi connectivity index (χ2v) is 6.94. The highest BCUT2D eigenvalue weighted by molar-refractivity contribution is 5.06. The lowest BCUT2D eigenvalue weighted by atomic mass is 10.2. The Morgan fingerprint density at radius 3 is 1.52 bits per heavy atom. The monoisotopic (exact) mass is 385 g/mol. The van der Waals surface area contributed by atoms with Gasteiger partial charge in [0.1, 0.15) is 0 Å². The second-order valence-electron chi connectivity index (χ2n) is 6.94. The fourth-order valence-corrected chi connectivity index (χ4v) is 3.24. The number of aromatic nitrogens is 3. The third kappa shape index (κ3) is 7.46. The van der Waals surface area contributed by atoms with Crippen LogP contribution in [0.4, 0.5) is 0 Å². The summed E-state index contributed by atoms with van der Waals surface area (Å²) in [5.41, 5.74) is 3.18. The van der Waals surface area contributed by atoms with Gasteiger partial charge in [-0.3, -0.25) is 24.8 Å². The van der Waals surface area contributed by atoms with E-state index in [4.69, 9.17) is 6.42 Å². The van der Waals surface area contributed by atoms with E-state index in [0.29, 0.717) is 6.54 Å².